The van der Waals surface area contributed by atoms with E-state index >= 15 is 0 Å². The number of hydrogen-bond acceptors (Lipinski definition) is 4. The van der Waals surface area contributed by atoms with Crippen molar-refractivity contribution in [3.63, 3.8) is 0 Å². The van der Waals surface area contributed by atoms with Crippen LogP contribution in [0.15, 0.2) is 24.3 Å². The molecule has 1 saturated heterocycles. The van der Waals surface area contributed by atoms with Gasteiger partial charge in [-0.2, -0.15) is 0 Å². The monoisotopic (exact) mass is 355 g/mol. The predicted molar refractivity (Wildman–Crippen MR) is 96.2 cm³/mol. The number of amides is 2. The lowest BCUT2D eigenvalue weighted by molar-refractivity contribution is -0.126. The second-order valence-electron chi connectivity index (χ2n) is 5.80. The van der Waals surface area contributed by atoms with Gasteiger partial charge in [0.05, 0.1) is 13.2 Å². The maximum Gasteiger partial charge on any atom is 0.239 e. The summed E-state index contributed by atoms with van der Waals surface area (Å²) in [4.78, 5) is 24.0. The zero-order valence-corrected chi connectivity index (χ0v) is 14.9. The van der Waals surface area contributed by atoms with Gasteiger partial charge < -0.3 is 20.7 Å². The summed E-state index contributed by atoms with van der Waals surface area (Å²) in [6.07, 6.45) is 0.804. The minimum absolute atomic E-state index is 0. The largest absolute Gasteiger partial charge is 0.378 e. The molecule has 2 amide bonds. The molecule has 0 spiro atoms. The van der Waals surface area contributed by atoms with E-state index < -0.39 is 0 Å². The SMILES string of the molecule is CCC(C)C(=O)Nc1cccc(CNC(=O)C2COCCN2)c1.Cl. The lowest BCUT2D eigenvalue weighted by Crippen LogP contribution is -2.51. The van der Waals surface area contributed by atoms with E-state index in [1.807, 2.05) is 38.1 Å². The van der Waals surface area contributed by atoms with Gasteiger partial charge >= 0.3 is 0 Å². The average Bonchev–Trinajstić information content (AvgIpc) is 2.60. The third-order valence-electron chi connectivity index (χ3n) is 3.96. The Labute approximate surface area is 149 Å². The van der Waals surface area contributed by atoms with Gasteiger partial charge in [0.2, 0.25) is 11.8 Å². The number of benzene rings is 1. The quantitative estimate of drug-likeness (QED) is 0.725. The Morgan fingerprint density at radius 1 is 1.42 bits per heavy atom. The number of rotatable bonds is 6. The highest BCUT2D eigenvalue weighted by Gasteiger charge is 2.20. The van der Waals surface area contributed by atoms with Gasteiger partial charge in [-0.3, -0.25) is 9.59 Å². The maximum absolute atomic E-state index is 12.0. The molecule has 0 aliphatic carbocycles. The molecule has 1 aromatic carbocycles. The van der Waals surface area contributed by atoms with Crippen molar-refractivity contribution >= 4 is 29.9 Å². The van der Waals surface area contributed by atoms with Crippen LogP contribution in [0.4, 0.5) is 5.69 Å². The number of carbonyl (C=O) groups excluding carboxylic acids is 2. The molecule has 6 nitrogen and oxygen atoms in total. The van der Waals surface area contributed by atoms with Gasteiger partial charge in [-0.15, -0.1) is 12.4 Å². The van der Waals surface area contributed by atoms with E-state index in [4.69, 9.17) is 4.74 Å². The Morgan fingerprint density at radius 2 is 2.21 bits per heavy atom. The van der Waals surface area contributed by atoms with Gasteiger partial charge in [0.1, 0.15) is 6.04 Å². The van der Waals surface area contributed by atoms with Crippen LogP contribution in [-0.4, -0.2) is 37.6 Å². The molecular formula is C17H26ClN3O3. The van der Waals surface area contributed by atoms with Crippen LogP contribution < -0.4 is 16.0 Å². The lowest BCUT2D eigenvalue weighted by Gasteiger charge is -2.22. The Morgan fingerprint density at radius 3 is 2.88 bits per heavy atom. The minimum atomic E-state index is -0.294. The van der Waals surface area contributed by atoms with Crippen LogP contribution in [0, 0.1) is 5.92 Å². The Kier molecular flexibility index (Phi) is 8.74. The molecular weight excluding hydrogens is 330 g/mol. The van der Waals surface area contributed by atoms with Crippen LogP contribution in [0.1, 0.15) is 25.8 Å². The van der Waals surface area contributed by atoms with Crippen LogP contribution >= 0.6 is 12.4 Å². The molecule has 1 aliphatic heterocycles. The summed E-state index contributed by atoms with van der Waals surface area (Å²) in [6, 6.07) is 7.23. The van der Waals surface area contributed by atoms with Gasteiger partial charge in [0, 0.05) is 24.7 Å². The second-order valence-corrected chi connectivity index (χ2v) is 5.80. The molecule has 0 aromatic heterocycles. The summed E-state index contributed by atoms with van der Waals surface area (Å²) in [5, 5.41) is 8.91. The number of nitrogens with one attached hydrogen (secondary N) is 3. The standard InChI is InChI=1S/C17H25N3O3.ClH/c1-3-12(2)16(21)20-14-6-4-5-13(9-14)10-19-17(22)15-11-23-8-7-18-15;/h4-6,9,12,15,18H,3,7-8,10-11H2,1-2H3,(H,19,22)(H,20,21);1H. The van der Waals surface area contributed by atoms with E-state index in [1.165, 1.54) is 0 Å². The highest BCUT2D eigenvalue weighted by molar-refractivity contribution is 5.92. The summed E-state index contributed by atoms with van der Waals surface area (Å²) in [5.74, 6) is -0.0771. The van der Waals surface area contributed by atoms with Crippen LogP contribution in [0.2, 0.25) is 0 Å². The fourth-order valence-corrected chi connectivity index (χ4v) is 2.26. The second kappa shape index (κ2) is 10.3. The van der Waals surface area contributed by atoms with E-state index in [-0.39, 0.29) is 36.2 Å². The normalized spacial score (nSPS) is 18.2. The van der Waals surface area contributed by atoms with Crippen molar-refractivity contribution in [3.05, 3.63) is 29.8 Å². The first kappa shape index (κ1) is 20.4. The summed E-state index contributed by atoms with van der Waals surface area (Å²) < 4.78 is 5.28. The highest BCUT2D eigenvalue weighted by atomic mass is 35.5. The molecule has 7 heteroatoms. The molecule has 0 radical (unpaired) electrons. The average molecular weight is 356 g/mol. The number of anilines is 1. The summed E-state index contributed by atoms with van der Waals surface area (Å²) in [5.41, 5.74) is 1.69. The zero-order chi connectivity index (χ0) is 16.7. The van der Waals surface area contributed by atoms with Gasteiger partial charge in [-0.05, 0) is 24.1 Å². The van der Waals surface area contributed by atoms with Gasteiger partial charge in [-0.1, -0.05) is 26.0 Å². The molecule has 1 fully saturated rings. The highest BCUT2D eigenvalue weighted by Crippen LogP contribution is 2.13. The molecule has 3 N–H and O–H groups in total. The molecule has 24 heavy (non-hydrogen) atoms. The summed E-state index contributed by atoms with van der Waals surface area (Å²) in [6.45, 7) is 6.04. The topological polar surface area (TPSA) is 79.5 Å². The number of ether oxygens (including phenoxy) is 1. The van der Waals surface area contributed by atoms with Crippen molar-refractivity contribution < 1.29 is 14.3 Å². The Bertz CT molecular complexity index is 548. The fraction of sp³-hybridized carbons (Fsp3) is 0.529. The van der Waals surface area contributed by atoms with Crippen LogP contribution in [0.3, 0.4) is 0 Å². The molecule has 1 aliphatic rings. The van der Waals surface area contributed by atoms with Crippen molar-refractivity contribution in [2.45, 2.75) is 32.9 Å². The third kappa shape index (κ3) is 6.11. The van der Waals surface area contributed by atoms with Crippen LogP contribution in [-0.2, 0) is 20.9 Å². The lowest BCUT2D eigenvalue weighted by atomic mass is 10.1. The first-order valence-electron chi connectivity index (χ1n) is 8.08. The molecule has 2 atom stereocenters. The first-order valence-corrected chi connectivity index (χ1v) is 8.08. The third-order valence-corrected chi connectivity index (χ3v) is 3.96. The number of morpholine rings is 1. The minimum Gasteiger partial charge on any atom is -0.378 e. The number of carbonyl (C=O) groups is 2. The number of hydrogen-bond donors (Lipinski definition) is 3. The van der Waals surface area contributed by atoms with E-state index in [1.54, 1.807) is 0 Å². The fourth-order valence-electron chi connectivity index (χ4n) is 2.26. The van der Waals surface area contributed by atoms with Crippen molar-refractivity contribution in [2.24, 2.45) is 5.92 Å². The maximum atomic E-state index is 12.0. The van der Waals surface area contributed by atoms with Crippen molar-refractivity contribution in [1.82, 2.24) is 10.6 Å². The van der Waals surface area contributed by atoms with Crippen LogP contribution in [0.5, 0.6) is 0 Å². The van der Waals surface area contributed by atoms with E-state index in [0.29, 0.717) is 26.3 Å². The molecule has 0 saturated carbocycles. The van der Waals surface area contributed by atoms with E-state index in [2.05, 4.69) is 16.0 Å². The molecule has 1 aromatic rings. The molecule has 1 heterocycles. The first-order chi connectivity index (χ1) is 11.1. The predicted octanol–water partition coefficient (Wildman–Crippen LogP) is 1.70. The van der Waals surface area contributed by atoms with Gasteiger partial charge in [0.25, 0.3) is 0 Å². The number of halogens is 1. The van der Waals surface area contributed by atoms with E-state index in [9.17, 15) is 9.59 Å². The smallest absolute Gasteiger partial charge is 0.239 e. The van der Waals surface area contributed by atoms with E-state index in [0.717, 1.165) is 17.7 Å². The zero-order valence-electron chi connectivity index (χ0n) is 14.1. The van der Waals surface area contributed by atoms with Gasteiger partial charge in [0.15, 0.2) is 0 Å². The van der Waals surface area contributed by atoms with Gasteiger partial charge in [-0.25, -0.2) is 0 Å². The molecule has 134 valence electrons. The van der Waals surface area contributed by atoms with Crippen molar-refractivity contribution in [3.8, 4) is 0 Å². The van der Waals surface area contributed by atoms with Crippen LogP contribution in [0.25, 0.3) is 0 Å². The summed E-state index contributed by atoms with van der Waals surface area (Å²) >= 11 is 0. The molecule has 2 rings (SSSR count). The van der Waals surface area contributed by atoms with Crippen molar-refractivity contribution in [1.29, 1.82) is 0 Å². The summed E-state index contributed by atoms with van der Waals surface area (Å²) in [7, 11) is 0. The Balaban J connectivity index is 0.00000288. The Hall–Kier alpha value is -1.63. The van der Waals surface area contributed by atoms with Crippen molar-refractivity contribution in [2.75, 3.05) is 25.1 Å². The molecule has 0 bridgehead atoms. The molecule has 2 unspecified atom stereocenters.